The van der Waals surface area contributed by atoms with Crippen molar-refractivity contribution in [3.8, 4) is 17.2 Å². The highest BCUT2D eigenvalue weighted by molar-refractivity contribution is 6.48. The first kappa shape index (κ1) is 20.4. The summed E-state index contributed by atoms with van der Waals surface area (Å²) in [4.78, 5) is 37.5. The van der Waals surface area contributed by atoms with Crippen LogP contribution in [0.15, 0.2) is 29.2 Å². The van der Waals surface area contributed by atoms with Crippen molar-refractivity contribution in [2.24, 2.45) is 0 Å². The highest BCUT2D eigenvalue weighted by atomic mass is 16.5. The van der Waals surface area contributed by atoms with Gasteiger partial charge in [0.2, 0.25) is 11.3 Å². The van der Waals surface area contributed by atoms with Crippen LogP contribution in [0.3, 0.4) is 0 Å². The summed E-state index contributed by atoms with van der Waals surface area (Å²) >= 11 is 0. The average Bonchev–Trinajstić information content (AvgIpc) is 3.52. The predicted molar refractivity (Wildman–Crippen MR) is 111 cm³/mol. The fourth-order valence-electron chi connectivity index (χ4n) is 4.37. The molecule has 3 aliphatic rings. The van der Waals surface area contributed by atoms with E-state index in [9.17, 15) is 29.6 Å². The summed E-state index contributed by atoms with van der Waals surface area (Å²) in [5.41, 5.74) is 0.460. The molecule has 1 amide bonds. The lowest BCUT2D eigenvalue weighted by atomic mass is 9.77. The molecule has 0 spiro atoms. The lowest BCUT2D eigenvalue weighted by Crippen LogP contribution is -2.57. The quantitative estimate of drug-likeness (QED) is 0.574. The minimum Gasteiger partial charge on any atom is -0.535 e. The van der Waals surface area contributed by atoms with Crippen LogP contribution >= 0.6 is 0 Å². The van der Waals surface area contributed by atoms with Gasteiger partial charge in [0.25, 0.3) is 0 Å². The number of carboxylic acids is 1. The maximum Gasteiger partial charge on any atom is 0.526 e. The second-order valence-corrected chi connectivity index (χ2v) is 8.46. The van der Waals surface area contributed by atoms with Crippen LogP contribution in [0, 0.1) is 6.92 Å². The van der Waals surface area contributed by atoms with E-state index in [0.717, 1.165) is 12.0 Å². The molecule has 3 N–H and O–H groups in total. The fourth-order valence-corrected chi connectivity index (χ4v) is 4.37. The van der Waals surface area contributed by atoms with Gasteiger partial charge in [-0.2, -0.15) is 0 Å². The normalized spacial score (nSPS) is 21.2. The summed E-state index contributed by atoms with van der Waals surface area (Å²) < 4.78 is 12.8. The first-order valence-corrected chi connectivity index (χ1v) is 10.3. The van der Waals surface area contributed by atoms with Gasteiger partial charge in [-0.3, -0.25) is 9.59 Å². The Balaban J connectivity index is 1.26. The minimum absolute atomic E-state index is 0.00961. The first-order chi connectivity index (χ1) is 15.2. The molecule has 2 aliphatic heterocycles. The Hall–Kier alpha value is -3.47. The van der Waals surface area contributed by atoms with Crippen molar-refractivity contribution in [2.75, 3.05) is 13.1 Å². The first-order valence-electron chi connectivity index (χ1n) is 10.3. The second kappa shape index (κ2) is 7.30. The van der Waals surface area contributed by atoms with Crippen LogP contribution in [-0.4, -0.2) is 62.9 Å². The molecule has 1 saturated heterocycles. The zero-order chi connectivity index (χ0) is 22.7. The number of hydrogen-bond acceptors (Lipinski definition) is 7. The molecule has 1 aliphatic carbocycles. The molecule has 11 heteroatoms. The molecule has 2 atom stereocenters. The number of likely N-dealkylation sites (tertiary alicyclic amines) is 1. The smallest absolute Gasteiger partial charge is 0.526 e. The van der Waals surface area contributed by atoms with Crippen LogP contribution in [0.25, 0.3) is 0 Å². The third kappa shape index (κ3) is 3.29. The highest BCUT2D eigenvalue weighted by Gasteiger charge is 2.54. The largest absolute Gasteiger partial charge is 0.535 e. The lowest BCUT2D eigenvalue weighted by Gasteiger charge is -2.39. The van der Waals surface area contributed by atoms with Gasteiger partial charge in [0.15, 0.2) is 5.75 Å². The number of pyridine rings is 1. The highest BCUT2D eigenvalue weighted by Crippen LogP contribution is 2.60. The number of amides is 1. The van der Waals surface area contributed by atoms with E-state index in [-0.39, 0.29) is 66.2 Å². The summed E-state index contributed by atoms with van der Waals surface area (Å²) in [5, 5.41) is 29.5. The summed E-state index contributed by atoms with van der Waals surface area (Å²) in [5.74, 6) is -1.40. The Morgan fingerprint density at radius 2 is 2.03 bits per heavy atom. The molecule has 1 unspecified atom stereocenters. The van der Waals surface area contributed by atoms with Gasteiger partial charge in [-0.1, -0.05) is 6.07 Å². The van der Waals surface area contributed by atoms with Gasteiger partial charge in [0.05, 0.1) is 18.8 Å². The monoisotopic (exact) mass is 440 g/mol. The molecule has 0 bridgehead atoms. The van der Waals surface area contributed by atoms with Gasteiger partial charge in [-0.25, -0.2) is 4.79 Å². The van der Waals surface area contributed by atoms with Crippen molar-refractivity contribution in [1.29, 1.82) is 0 Å². The number of hydrogen-bond donors (Lipinski definition) is 3. The van der Waals surface area contributed by atoms with E-state index in [2.05, 4.69) is 0 Å². The zero-order valence-corrected chi connectivity index (χ0v) is 17.2. The van der Waals surface area contributed by atoms with Crippen molar-refractivity contribution in [3.63, 3.8) is 0 Å². The van der Waals surface area contributed by atoms with Gasteiger partial charge in [-0.05, 0) is 30.9 Å². The Morgan fingerprint density at radius 1 is 1.28 bits per heavy atom. The van der Waals surface area contributed by atoms with Crippen LogP contribution in [-0.2, 0) is 11.3 Å². The number of carbonyl (C=O) groups is 2. The molecule has 3 heterocycles. The van der Waals surface area contributed by atoms with Gasteiger partial charge in [-0.15, -0.1) is 0 Å². The van der Waals surface area contributed by atoms with E-state index >= 15 is 0 Å². The Bertz CT molecular complexity index is 1190. The molecule has 2 aromatic rings. The molecule has 166 valence electrons. The molecule has 1 aromatic heterocycles. The molecule has 1 aromatic carbocycles. The van der Waals surface area contributed by atoms with Crippen LogP contribution in [0.2, 0.25) is 5.82 Å². The lowest BCUT2D eigenvalue weighted by molar-refractivity contribution is -0.140. The van der Waals surface area contributed by atoms with E-state index in [1.54, 1.807) is 24.0 Å². The summed E-state index contributed by atoms with van der Waals surface area (Å²) in [6, 6.07) is 4.58. The molecule has 0 radical (unpaired) electrons. The standard InChI is InChI=1S/C21H21BN2O8/c1-10-19(27)15(25)4-5-23(10)9-17(26)24-7-11(8-24)31-16-3-2-12-13-6-14(13)22(30)32-20(12)18(16)21(28)29/h2-5,11,13-14,27,30H,6-9H2,1H3,(H,28,29)/t13?,14-/m1/s1. The van der Waals surface area contributed by atoms with E-state index in [4.69, 9.17) is 9.39 Å². The second-order valence-electron chi connectivity index (χ2n) is 8.46. The van der Waals surface area contributed by atoms with Gasteiger partial charge >= 0.3 is 13.1 Å². The van der Waals surface area contributed by atoms with Crippen LogP contribution in [0.4, 0.5) is 0 Å². The minimum atomic E-state index is -1.20. The SMILES string of the molecule is Cc1c(O)c(=O)ccn1CC(=O)N1CC(Oc2ccc3c(c2C(=O)O)OB(O)[C@@H]2CC32)C1. The molecule has 2 fully saturated rings. The van der Waals surface area contributed by atoms with Crippen LogP contribution < -0.4 is 14.8 Å². The molecule has 10 nitrogen and oxygen atoms in total. The summed E-state index contributed by atoms with van der Waals surface area (Å²) in [7, 11) is -1.02. The number of aromatic hydroxyl groups is 1. The van der Waals surface area contributed by atoms with Crippen LogP contribution in [0.5, 0.6) is 17.2 Å². The van der Waals surface area contributed by atoms with Crippen LogP contribution in [0.1, 0.15) is 34.0 Å². The number of fused-ring (bicyclic) bond motifs is 3. The van der Waals surface area contributed by atoms with E-state index in [1.807, 2.05) is 0 Å². The topological polar surface area (TPSA) is 139 Å². The molecular formula is C21H21BN2O8. The summed E-state index contributed by atoms with van der Waals surface area (Å²) in [6.07, 6.45) is 1.83. The Labute approximate surface area is 182 Å². The summed E-state index contributed by atoms with van der Waals surface area (Å²) in [6.45, 7) is 2.06. The third-order valence-corrected chi connectivity index (χ3v) is 6.42. The van der Waals surface area contributed by atoms with Crippen molar-refractivity contribution < 1.29 is 34.2 Å². The van der Waals surface area contributed by atoms with E-state index in [0.29, 0.717) is 5.69 Å². The maximum atomic E-state index is 12.5. The molecule has 32 heavy (non-hydrogen) atoms. The van der Waals surface area contributed by atoms with Gasteiger partial charge < -0.3 is 34.1 Å². The predicted octanol–water partition coefficient (Wildman–Crippen LogP) is 0.581. The third-order valence-electron chi connectivity index (χ3n) is 6.42. The van der Waals surface area contributed by atoms with Gasteiger partial charge in [0.1, 0.15) is 29.7 Å². The number of aromatic nitrogens is 1. The van der Waals surface area contributed by atoms with Crippen molar-refractivity contribution in [3.05, 3.63) is 51.4 Å². The Kier molecular flexibility index (Phi) is 4.66. The maximum absolute atomic E-state index is 12.5. The number of aromatic carboxylic acids is 1. The average molecular weight is 440 g/mol. The van der Waals surface area contributed by atoms with Crippen molar-refractivity contribution in [1.82, 2.24) is 9.47 Å². The molecule has 5 rings (SSSR count). The van der Waals surface area contributed by atoms with Crippen molar-refractivity contribution >= 4 is 19.0 Å². The number of rotatable bonds is 5. The van der Waals surface area contributed by atoms with E-state index < -0.39 is 18.5 Å². The number of carbonyl (C=O) groups excluding carboxylic acids is 1. The number of ether oxygens (including phenoxy) is 1. The number of carboxylic acid groups (broad SMARTS) is 1. The van der Waals surface area contributed by atoms with Crippen molar-refractivity contribution in [2.45, 2.75) is 37.7 Å². The van der Waals surface area contributed by atoms with Gasteiger partial charge in [0, 0.05) is 18.1 Å². The zero-order valence-electron chi connectivity index (χ0n) is 17.2. The number of benzene rings is 1. The molecule has 1 saturated carbocycles. The Morgan fingerprint density at radius 3 is 2.75 bits per heavy atom. The fraction of sp³-hybridized carbons (Fsp3) is 0.381. The van der Waals surface area contributed by atoms with E-state index in [1.165, 1.54) is 16.8 Å². The molecular weight excluding hydrogens is 419 g/mol. The number of nitrogens with zero attached hydrogens (tertiary/aromatic N) is 2.